The van der Waals surface area contributed by atoms with Crippen LogP contribution in [0.4, 0.5) is 10.1 Å². The molecule has 0 aromatic heterocycles. The smallest absolute Gasteiger partial charge is 0.269 e. The van der Waals surface area contributed by atoms with E-state index in [1.54, 1.807) is 36.4 Å². The molecule has 0 aliphatic heterocycles. The van der Waals surface area contributed by atoms with Gasteiger partial charge in [-0.05, 0) is 92.7 Å². The topological polar surface area (TPSA) is 76.2 Å². The summed E-state index contributed by atoms with van der Waals surface area (Å²) in [5.41, 5.74) is 2.20. The summed E-state index contributed by atoms with van der Waals surface area (Å²) in [6.07, 6.45) is 1.71. The van der Waals surface area contributed by atoms with E-state index in [1.165, 1.54) is 18.2 Å². The molecule has 0 bridgehead atoms. The molecule has 0 aliphatic carbocycles. The predicted molar refractivity (Wildman–Crippen MR) is 129 cm³/mol. The van der Waals surface area contributed by atoms with E-state index in [0.29, 0.717) is 22.4 Å². The zero-order chi connectivity index (χ0) is 21.7. The van der Waals surface area contributed by atoms with Gasteiger partial charge in [-0.1, -0.05) is 18.2 Å². The lowest BCUT2D eigenvalue weighted by molar-refractivity contribution is -0.384. The number of nitro benzene ring substituents is 1. The highest BCUT2D eigenvalue weighted by Crippen LogP contribution is 2.31. The van der Waals surface area contributed by atoms with Crippen molar-refractivity contribution in [3.8, 4) is 11.8 Å². The number of nitrogens with zero attached hydrogens (tertiary/aromatic N) is 2. The second-order valence-electron chi connectivity index (χ2n) is 6.17. The van der Waals surface area contributed by atoms with E-state index in [1.807, 2.05) is 12.1 Å². The molecular formula is C22H13FI2N2O3. The van der Waals surface area contributed by atoms with E-state index in [2.05, 4.69) is 51.3 Å². The van der Waals surface area contributed by atoms with Crippen LogP contribution in [0.2, 0.25) is 0 Å². The van der Waals surface area contributed by atoms with Gasteiger partial charge in [-0.15, -0.1) is 0 Å². The first kappa shape index (κ1) is 22.2. The predicted octanol–water partition coefficient (Wildman–Crippen LogP) is 6.59. The fraction of sp³-hybridized carbons (Fsp3) is 0.0455. The van der Waals surface area contributed by atoms with Crippen molar-refractivity contribution in [1.29, 1.82) is 5.26 Å². The fourth-order valence-corrected chi connectivity index (χ4v) is 4.80. The van der Waals surface area contributed by atoms with Crippen LogP contribution in [-0.2, 0) is 6.61 Å². The van der Waals surface area contributed by atoms with Gasteiger partial charge in [-0.25, -0.2) is 4.39 Å². The van der Waals surface area contributed by atoms with Crippen molar-refractivity contribution in [2.45, 2.75) is 6.61 Å². The minimum absolute atomic E-state index is 0.0310. The highest BCUT2D eigenvalue weighted by molar-refractivity contribution is 14.1. The molecule has 0 N–H and O–H groups in total. The Labute approximate surface area is 199 Å². The number of nitro groups is 1. The first-order chi connectivity index (χ1) is 14.4. The summed E-state index contributed by atoms with van der Waals surface area (Å²) in [6.45, 7) is 0.111. The number of ether oxygens (including phenoxy) is 1. The molecule has 0 radical (unpaired) electrons. The van der Waals surface area contributed by atoms with Gasteiger partial charge in [-0.3, -0.25) is 10.1 Å². The fourth-order valence-electron chi connectivity index (χ4n) is 2.68. The molecule has 30 heavy (non-hydrogen) atoms. The van der Waals surface area contributed by atoms with Gasteiger partial charge in [0.05, 0.1) is 23.7 Å². The van der Waals surface area contributed by atoms with Crippen molar-refractivity contribution in [3.05, 3.63) is 100 Å². The Bertz CT molecular complexity index is 1150. The Hall–Kier alpha value is -2.52. The van der Waals surface area contributed by atoms with Gasteiger partial charge in [0.2, 0.25) is 0 Å². The highest BCUT2D eigenvalue weighted by atomic mass is 127. The van der Waals surface area contributed by atoms with E-state index >= 15 is 0 Å². The molecule has 3 aromatic rings. The minimum Gasteiger partial charge on any atom is -0.487 e. The van der Waals surface area contributed by atoms with Gasteiger partial charge in [-0.2, -0.15) is 5.26 Å². The van der Waals surface area contributed by atoms with Crippen LogP contribution in [-0.4, -0.2) is 4.92 Å². The summed E-state index contributed by atoms with van der Waals surface area (Å²) in [5.74, 6) is 0.328. The lowest BCUT2D eigenvalue weighted by atomic mass is 10.0. The molecule has 3 aromatic carbocycles. The van der Waals surface area contributed by atoms with Gasteiger partial charge >= 0.3 is 0 Å². The lowest BCUT2D eigenvalue weighted by Gasteiger charge is -2.12. The number of allylic oxidation sites excluding steroid dienone is 1. The van der Waals surface area contributed by atoms with E-state index in [0.717, 1.165) is 12.7 Å². The first-order valence-electron chi connectivity index (χ1n) is 8.61. The lowest BCUT2D eigenvalue weighted by Crippen LogP contribution is -2.01. The minimum atomic E-state index is -0.482. The van der Waals surface area contributed by atoms with Gasteiger partial charge < -0.3 is 4.74 Å². The van der Waals surface area contributed by atoms with Gasteiger partial charge in [0.15, 0.2) is 0 Å². The third kappa shape index (κ3) is 5.34. The van der Waals surface area contributed by atoms with Crippen molar-refractivity contribution < 1.29 is 14.1 Å². The average molecular weight is 626 g/mol. The maximum absolute atomic E-state index is 13.8. The maximum atomic E-state index is 13.8. The van der Waals surface area contributed by atoms with E-state index in [4.69, 9.17) is 4.74 Å². The molecule has 0 atom stereocenters. The summed E-state index contributed by atoms with van der Waals surface area (Å²) in [6, 6.07) is 18.2. The Morgan fingerprint density at radius 1 is 1.13 bits per heavy atom. The SMILES string of the molecule is N#C/C(=C/c1cc(I)c(OCc2ccccc2F)c(I)c1)c1ccc([N+](=O)[O-])cc1. The van der Waals surface area contributed by atoms with Crippen LogP contribution < -0.4 is 4.74 Å². The molecule has 0 fully saturated rings. The van der Waals surface area contributed by atoms with Crippen LogP contribution in [0.25, 0.3) is 11.6 Å². The first-order valence-corrected chi connectivity index (χ1v) is 10.8. The molecular weight excluding hydrogens is 613 g/mol. The molecule has 0 aliphatic rings. The summed E-state index contributed by atoms with van der Waals surface area (Å²) in [7, 11) is 0. The number of hydrogen-bond acceptors (Lipinski definition) is 4. The summed E-state index contributed by atoms with van der Waals surface area (Å²) in [4.78, 5) is 10.3. The van der Waals surface area contributed by atoms with Crippen molar-refractivity contribution >= 4 is 62.5 Å². The number of non-ortho nitro benzene ring substituents is 1. The zero-order valence-corrected chi connectivity index (χ0v) is 19.6. The number of hydrogen-bond donors (Lipinski definition) is 0. The third-order valence-electron chi connectivity index (χ3n) is 4.17. The molecule has 150 valence electrons. The molecule has 0 saturated heterocycles. The molecule has 0 saturated carbocycles. The van der Waals surface area contributed by atoms with Gasteiger partial charge in [0.1, 0.15) is 18.2 Å². The molecule has 0 unspecified atom stereocenters. The van der Waals surface area contributed by atoms with Crippen molar-refractivity contribution in [2.24, 2.45) is 0 Å². The average Bonchev–Trinajstić information content (AvgIpc) is 2.72. The Kier molecular flexibility index (Phi) is 7.38. The van der Waals surface area contributed by atoms with Crippen LogP contribution in [0.15, 0.2) is 60.7 Å². The van der Waals surface area contributed by atoms with Crippen LogP contribution in [0.3, 0.4) is 0 Å². The van der Waals surface area contributed by atoms with Crippen molar-refractivity contribution in [3.63, 3.8) is 0 Å². The third-order valence-corrected chi connectivity index (χ3v) is 5.77. The normalized spacial score (nSPS) is 11.1. The number of halogens is 3. The van der Waals surface area contributed by atoms with Crippen LogP contribution in [0, 0.1) is 34.4 Å². The quantitative estimate of drug-likeness (QED) is 0.102. The monoisotopic (exact) mass is 626 g/mol. The summed E-state index contributed by atoms with van der Waals surface area (Å²) < 4.78 is 21.3. The van der Waals surface area contributed by atoms with Gasteiger partial charge in [0.25, 0.3) is 5.69 Å². The van der Waals surface area contributed by atoms with Crippen LogP contribution in [0.5, 0.6) is 5.75 Å². The zero-order valence-electron chi connectivity index (χ0n) is 15.3. The van der Waals surface area contributed by atoms with E-state index in [-0.39, 0.29) is 18.1 Å². The summed E-state index contributed by atoms with van der Waals surface area (Å²) in [5, 5.41) is 20.3. The maximum Gasteiger partial charge on any atom is 0.269 e. The summed E-state index contributed by atoms with van der Waals surface area (Å²) >= 11 is 4.27. The molecule has 0 amide bonds. The largest absolute Gasteiger partial charge is 0.487 e. The van der Waals surface area contributed by atoms with Crippen LogP contribution in [0.1, 0.15) is 16.7 Å². The number of nitriles is 1. The second-order valence-corrected chi connectivity index (χ2v) is 8.49. The van der Waals surface area contributed by atoms with Crippen molar-refractivity contribution in [1.82, 2.24) is 0 Å². The number of benzene rings is 3. The Morgan fingerprint density at radius 3 is 2.33 bits per heavy atom. The molecule has 8 heteroatoms. The van der Waals surface area contributed by atoms with Gasteiger partial charge in [0, 0.05) is 17.7 Å². The number of rotatable bonds is 6. The highest BCUT2D eigenvalue weighted by Gasteiger charge is 2.12. The van der Waals surface area contributed by atoms with E-state index < -0.39 is 4.92 Å². The Morgan fingerprint density at radius 2 is 1.77 bits per heavy atom. The van der Waals surface area contributed by atoms with E-state index in [9.17, 15) is 19.8 Å². The second kappa shape index (κ2) is 9.99. The Balaban J connectivity index is 1.85. The molecule has 0 heterocycles. The van der Waals surface area contributed by atoms with Crippen molar-refractivity contribution in [2.75, 3.05) is 0 Å². The molecule has 5 nitrogen and oxygen atoms in total. The molecule has 3 rings (SSSR count). The standard InChI is InChI=1S/C22H13FI2N2O3/c23-19-4-2-1-3-16(19)13-30-22-20(24)10-14(11-21(22)25)9-17(12-26)15-5-7-18(8-6-15)27(28)29/h1-11H,13H2/b17-9-. The molecule has 0 spiro atoms. The van der Waals surface area contributed by atoms with Crippen LogP contribution >= 0.6 is 45.2 Å².